The van der Waals surface area contributed by atoms with Crippen molar-refractivity contribution in [2.75, 3.05) is 0 Å². The molecular formula is C9H9IN2O. The Kier molecular flexibility index (Phi) is 1.94. The summed E-state index contributed by atoms with van der Waals surface area (Å²) < 4.78 is 4.47. The first kappa shape index (κ1) is 8.80. The summed E-state index contributed by atoms with van der Waals surface area (Å²) in [7, 11) is 3.58. The molecule has 0 atom stereocenters. The summed E-state index contributed by atoms with van der Waals surface area (Å²) in [4.78, 5) is 11.5. The minimum Gasteiger partial charge on any atom is -0.295 e. The summed E-state index contributed by atoms with van der Waals surface area (Å²) in [6.07, 6.45) is 0. The molecular weight excluding hydrogens is 279 g/mol. The lowest BCUT2D eigenvalue weighted by atomic mass is 10.3. The molecule has 1 aromatic carbocycles. The van der Waals surface area contributed by atoms with Crippen LogP contribution in [0.1, 0.15) is 0 Å². The Morgan fingerprint density at radius 2 is 1.77 bits per heavy atom. The minimum atomic E-state index is 0.0250. The number of aromatic nitrogens is 2. The zero-order chi connectivity index (χ0) is 9.59. The SMILES string of the molecule is Cn1c(=O)n(C)c2cc(I)ccc21. The Balaban J connectivity index is 3.04. The van der Waals surface area contributed by atoms with Gasteiger partial charge in [-0.05, 0) is 40.8 Å². The molecule has 68 valence electrons. The number of aryl methyl sites for hydroxylation is 2. The molecule has 0 unspecified atom stereocenters. The van der Waals surface area contributed by atoms with Crippen molar-refractivity contribution in [1.29, 1.82) is 0 Å². The van der Waals surface area contributed by atoms with Crippen molar-refractivity contribution in [2.24, 2.45) is 14.1 Å². The first-order valence-corrected chi connectivity index (χ1v) is 5.00. The van der Waals surface area contributed by atoms with Crippen LogP contribution in [0.2, 0.25) is 0 Å². The summed E-state index contributed by atoms with van der Waals surface area (Å²) >= 11 is 2.24. The van der Waals surface area contributed by atoms with Crippen LogP contribution in [-0.2, 0) is 14.1 Å². The number of nitrogens with zero attached hydrogens (tertiary/aromatic N) is 2. The Morgan fingerprint density at radius 1 is 1.15 bits per heavy atom. The third-order valence-corrected chi connectivity index (χ3v) is 2.91. The van der Waals surface area contributed by atoms with Gasteiger partial charge in [-0.1, -0.05) is 0 Å². The average Bonchev–Trinajstić information content (AvgIpc) is 2.32. The summed E-state index contributed by atoms with van der Waals surface area (Å²) in [5.74, 6) is 0. The van der Waals surface area contributed by atoms with Crippen molar-refractivity contribution in [3.8, 4) is 0 Å². The fourth-order valence-electron chi connectivity index (χ4n) is 1.48. The van der Waals surface area contributed by atoms with Crippen molar-refractivity contribution in [3.05, 3.63) is 32.3 Å². The van der Waals surface area contributed by atoms with E-state index in [1.165, 1.54) is 0 Å². The van der Waals surface area contributed by atoms with Crippen molar-refractivity contribution in [1.82, 2.24) is 9.13 Å². The van der Waals surface area contributed by atoms with Gasteiger partial charge in [0.2, 0.25) is 0 Å². The van der Waals surface area contributed by atoms with Crippen LogP contribution in [0.5, 0.6) is 0 Å². The lowest BCUT2D eigenvalue weighted by Gasteiger charge is -1.94. The predicted octanol–water partition coefficient (Wildman–Crippen LogP) is 1.48. The highest BCUT2D eigenvalue weighted by atomic mass is 127. The molecule has 0 saturated carbocycles. The molecule has 0 spiro atoms. The molecule has 4 heteroatoms. The Labute approximate surface area is 89.1 Å². The maximum Gasteiger partial charge on any atom is 0.328 e. The van der Waals surface area contributed by atoms with Crippen LogP contribution in [0.4, 0.5) is 0 Å². The molecule has 0 N–H and O–H groups in total. The monoisotopic (exact) mass is 288 g/mol. The molecule has 0 amide bonds. The van der Waals surface area contributed by atoms with E-state index in [2.05, 4.69) is 22.6 Å². The van der Waals surface area contributed by atoms with E-state index in [1.54, 1.807) is 23.2 Å². The third-order valence-electron chi connectivity index (χ3n) is 2.23. The number of rotatable bonds is 0. The highest BCUT2D eigenvalue weighted by Gasteiger charge is 2.06. The van der Waals surface area contributed by atoms with E-state index in [0.29, 0.717) is 0 Å². The largest absolute Gasteiger partial charge is 0.328 e. The van der Waals surface area contributed by atoms with E-state index < -0.39 is 0 Å². The van der Waals surface area contributed by atoms with E-state index in [-0.39, 0.29) is 5.69 Å². The molecule has 1 heterocycles. The molecule has 13 heavy (non-hydrogen) atoms. The molecule has 0 aliphatic carbocycles. The molecule has 2 rings (SSSR count). The van der Waals surface area contributed by atoms with Crippen LogP contribution in [0.25, 0.3) is 11.0 Å². The van der Waals surface area contributed by atoms with Crippen molar-refractivity contribution in [2.45, 2.75) is 0 Å². The summed E-state index contributed by atoms with van der Waals surface area (Å²) in [5, 5.41) is 0. The predicted molar refractivity (Wildman–Crippen MR) is 60.9 cm³/mol. The third kappa shape index (κ3) is 1.20. The van der Waals surface area contributed by atoms with Gasteiger partial charge >= 0.3 is 5.69 Å². The number of fused-ring (bicyclic) bond motifs is 1. The first-order valence-electron chi connectivity index (χ1n) is 3.92. The first-order chi connectivity index (χ1) is 6.11. The van der Waals surface area contributed by atoms with Gasteiger partial charge in [0.25, 0.3) is 0 Å². The van der Waals surface area contributed by atoms with Gasteiger partial charge in [0.15, 0.2) is 0 Å². The molecule has 1 aromatic heterocycles. The smallest absolute Gasteiger partial charge is 0.295 e. The van der Waals surface area contributed by atoms with Crippen LogP contribution in [0.15, 0.2) is 23.0 Å². The van der Waals surface area contributed by atoms with E-state index in [1.807, 2.05) is 18.2 Å². The van der Waals surface area contributed by atoms with Crippen LogP contribution < -0.4 is 5.69 Å². The molecule has 3 nitrogen and oxygen atoms in total. The van der Waals surface area contributed by atoms with Gasteiger partial charge in [0, 0.05) is 17.7 Å². The molecule has 0 radical (unpaired) electrons. The fraction of sp³-hybridized carbons (Fsp3) is 0.222. The van der Waals surface area contributed by atoms with Gasteiger partial charge in [-0.3, -0.25) is 9.13 Å². The maximum absolute atomic E-state index is 11.5. The second kappa shape index (κ2) is 2.87. The van der Waals surface area contributed by atoms with E-state index >= 15 is 0 Å². The highest BCUT2D eigenvalue weighted by Crippen LogP contribution is 2.14. The topological polar surface area (TPSA) is 26.9 Å². The van der Waals surface area contributed by atoms with Crippen molar-refractivity contribution < 1.29 is 0 Å². The van der Waals surface area contributed by atoms with Crippen molar-refractivity contribution in [3.63, 3.8) is 0 Å². The van der Waals surface area contributed by atoms with E-state index in [0.717, 1.165) is 14.6 Å². The second-order valence-corrected chi connectivity index (χ2v) is 4.28. The number of hydrogen-bond donors (Lipinski definition) is 0. The summed E-state index contributed by atoms with van der Waals surface area (Å²) in [6, 6.07) is 5.98. The maximum atomic E-state index is 11.5. The standard InChI is InChI=1S/C9H9IN2O/c1-11-7-4-3-6(10)5-8(7)12(2)9(11)13/h3-5H,1-2H3. The minimum absolute atomic E-state index is 0.0250. The highest BCUT2D eigenvalue weighted by molar-refractivity contribution is 14.1. The Bertz CT molecular complexity index is 524. The van der Waals surface area contributed by atoms with Crippen LogP contribution in [0.3, 0.4) is 0 Å². The normalized spacial score (nSPS) is 11.0. The molecule has 0 bridgehead atoms. The lowest BCUT2D eigenvalue weighted by Crippen LogP contribution is -2.19. The van der Waals surface area contributed by atoms with Gasteiger partial charge in [-0.2, -0.15) is 0 Å². The van der Waals surface area contributed by atoms with Gasteiger partial charge in [-0.25, -0.2) is 4.79 Å². The molecule has 0 fully saturated rings. The zero-order valence-corrected chi connectivity index (χ0v) is 9.57. The Morgan fingerprint density at radius 3 is 2.46 bits per heavy atom. The number of hydrogen-bond acceptors (Lipinski definition) is 1. The quantitative estimate of drug-likeness (QED) is 0.675. The fourth-order valence-corrected chi connectivity index (χ4v) is 1.95. The summed E-state index contributed by atoms with van der Waals surface area (Å²) in [6.45, 7) is 0. The Hall–Kier alpha value is -0.780. The van der Waals surface area contributed by atoms with E-state index in [9.17, 15) is 4.79 Å². The van der Waals surface area contributed by atoms with E-state index in [4.69, 9.17) is 0 Å². The van der Waals surface area contributed by atoms with Crippen LogP contribution in [-0.4, -0.2) is 9.13 Å². The number of benzene rings is 1. The molecule has 0 saturated heterocycles. The van der Waals surface area contributed by atoms with Crippen molar-refractivity contribution >= 4 is 33.6 Å². The summed E-state index contributed by atoms with van der Waals surface area (Å²) in [5.41, 5.74) is 1.99. The second-order valence-electron chi connectivity index (χ2n) is 3.03. The lowest BCUT2D eigenvalue weighted by molar-refractivity contribution is 0.795. The van der Waals surface area contributed by atoms with Gasteiger partial charge in [0.1, 0.15) is 0 Å². The molecule has 0 aliphatic heterocycles. The van der Waals surface area contributed by atoms with Gasteiger partial charge in [-0.15, -0.1) is 0 Å². The zero-order valence-electron chi connectivity index (χ0n) is 7.41. The van der Waals surface area contributed by atoms with Gasteiger partial charge < -0.3 is 0 Å². The average molecular weight is 288 g/mol. The molecule has 2 aromatic rings. The van der Waals surface area contributed by atoms with Gasteiger partial charge in [0.05, 0.1) is 11.0 Å². The van der Waals surface area contributed by atoms with Crippen LogP contribution in [0, 0.1) is 3.57 Å². The molecule has 0 aliphatic rings. The van der Waals surface area contributed by atoms with Crippen LogP contribution >= 0.6 is 22.6 Å². The number of halogens is 1. The number of imidazole rings is 1.